The average molecular weight is 402 g/mol. The van der Waals surface area contributed by atoms with E-state index in [4.69, 9.17) is 4.74 Å². The lowest BCUT2D eigenvalue weighted by molar-refractivity contribution is -0.123. The van der Waals surface area contributed by atoms with Crippen LogP contribution in [0.15, 0.2) is 72.8 Å². The molecule has 3 rings (SSSR count). The molecule has 0 heterocycles. The fourth-order valence-corrected chi connectivity index (χ4v) is 3.02. The van der Waals surface area contributed by atoms with Gasteiger partial charge in [-0.25, -0.2) is 0 Å². The Morgan fingerprint density at radius 2 is 1.37 bits per heavy atom. The molecular weight excluding hydrogens is 380 g/mol. The summed E-state index contributed by atoms with van der Waals surface area (Å²) < 4.78 is 5.47. The molecule has 2 N–H and O–H groups in total. The van der Waals surface area contributed by atoms with Gasteiger partial charge in [0.2, 0.25) is 0 Å². The smallest absolute Gasteiger partial charge is 0.276 e. The summed E-state index contributed by atoms with van der Waals surface area (Å²) in [6.07, 6.45) is 0. The molecule has 0 aliphatic heterocycles. The number of ketones is 1. The summed E-state index contributed by atoms with van der Waals surface area (Å²) in [5.41, 5.74) is 7.59. The number of carbonyl (C=O) groups is 3. The molecule has 0 fully saturated rings. The Kier molecular flexibility index (Phi) is 6.60. The molecule has 30 heavy (non-hydrogen) atoms. The van der Waals surface area contributed by atoms with Crippen molar-refractivity contribution in [1.29, 1.82) is 0 Å². The largest absolute Gasteiger partial charge is 0.484 e. The Morgan fingerprint density at radius 3 is 2.03 bits per heavy atom. The van der Waals surface area contributed by atoms with Crippen molar-refractivity contribution in [3.8, 4) is 5.75 Å². The van der Waals surface area contributed by atoms with E-state index in [1.54, 1.807) is 42.5 Å². The second-order valence-corrected chi connectivity index (χ2v) is 6.86. The Labute approximate surface area is 174 Å². The Morgan fingerprint density at radius 1 is 0.767 bits per heavy atom. The average Bonchev–Trinajstić information content (AvgIpc) is 2.75. The molecule has 0 radical (unpaired) electrons. The molecule has 6 heteroatoms. The predicted octanol–water partition coefficient (Wildman–Crippen LogP) is 3.37. The highest BCUT2D eigenvalue weighted by atomic mass is 16.5. The van der Waals surface area contributed by atoms with Gasteiger partial charge in [0.15, 0.2) is 12.4 Å². The normalized spacial score (nSPS) is 10.2. The number of ether oxygens (including phenoxy) is 1. The van der Waals surface area contributed by atoms with E-state index in [-0.39, 0.29) is 23.5 Å². The van der Waals surface area contributed by atoms with E-state index in [1.165, 1.54) is 6.07 Å². The van der Waals surface area contributed by atoms with Gasteiger partial charge in [0.25, 0.3) is 11.8 Å². The number of amides is 2. The van der Waals surface area contributed by atoms with Crippen LogP contribution < -0.4 is 15.6 Å². The summed E-state index contributed by atoms with van der Waals surface area (Å²) in [7, 11) is 0. The van der Waals surface area contributed by atoms with E-state index in [0.717, 1.165) is 11.1 Å². The van der Waals surface area contributed by atoms with Crippen molar-refractivity contribution in [1.82, 2.24) is 10.9 Å². The summed E-state index contributed by atoms with van der Waals surface area (Å²) in [4.78, 5) is 37.3. The third-order valence-electron chi connectivity index (χ3n) is 4.33. The summed E-state index contributed by atoms with van der Waals surface area (Å²) in [6, 6.07) is 20.8. The van der Waals surface area contributed by atoms with Crippen LogP contribution in [0.25, 0.3) is 0 Å². The Balaban J connectivity index is 1.61. The van der Waals surface area contributed by atoms with Crippen LogP contribution in [0, 0.1) is 13.8 Å². The fraction of sp³-hybridized carbons (Fsp3) is 0.125. The Bertz CT molecular complexity index is 1060. The molecule has 3 aromatic carbocycles. The molecule has 0 aliphatic rings. The minimum Gasteiger partial charge on any atom is -0.484 e. The van der Waals surface area contributed by atoms with Crippen molar-refractivity contribution in [2.24, 2.45) is 0 Å². The van der Waals surface area contributed by atoms with Gasteiger partial charge in [-0.05, 0) is 43.2 Å². The van der Waals surface area contributed by atoms with Gasteiger partial charge < -0.3 is 4.74 Å². The minimum atomic E-state index is -0.588. The molecule has 0 atom stereocenters. The summed E-state index contributed by atoms with van der Waals surface area (Å²) in [6.45, 7) is 3.62. The van der Waals surface area contributed by atoms with Gasteiger partial charge in [-0.1, -0.05) is 54.6 Å². The van der Waals surface area contributed by atoms with E-state index in [0.29, 0.717) is 11.3 Å². The van der Waals surface area contributed by atoms with Gasteiger partial charge in [-0.3, -0.25) is 25.2 Å². The second-order valence-electron chi connectivity index (χ2n) is 6.86. The SMILES string of the molecule is Cc1cc(C)cc(OCC(=O)NNC(=O)c2ccccc2C(=O)c2ccccc2)c1. The van der Waals surface area contributed by atoms with Gasteiger partial charge in [0, 0.05) is 11.1 Å². The first-order valence-electron chi connectivity index (χ1n) is 9.43. The number of aryl methyl sites for hydroxylation is 2. The molecule has 2 amide bonds. The molecule has 0 saturated carbocycles. The van der Waals surface area contributed by atoms with E-state index in [1.807, 2.05) is 38.1 Å². The van der Waals surface area contributed by atoms with Crippen LogP contribution in [0.3, 0.4) is 0 Å². The van der Waals surface area contributed by atoms with E-state index < -0.39 is 11.8 Å². The summed E-state index contributed by atoms with van der Waals surface area (Å²) in [5.74, 6) is -0.803. The van der Waals surface area contributed by atoms with Crippen molar-refractivity contribution in [2.45, 2.75) is 13.8 Å². The molecule has 0 bridgehead atoms. The summed E-state index contributed by atoms with van der Waals surface area (Å²) in [5, 5.41) is 0. The van der Waals surface area contributed by atoms with Crippen molar-refractivity contribution >= 4 is 17.6 Å². The Hall–Kier alpha value is -3.93. The maximum absolute atomic E-state index is 12.7. The number of hydrogen-bond donors (Lipinski definition) is 2. The van der Waals surface area contributed by atoms with Crippen LogP contribution in [0.5, 0.6) is 5.75 Å². The minimum absolute atomic E-state index is 0.168. The van der Waals surface area contributed by atoms with E-state index >= 15 is 0 Å². The quantitative estimate of drug-likeness (QED) is 0.489. The van der Waals surface area contributed by atoms with Crippen molar-refractivity contribution in [3.63, 3.8) is 0 Å². The lowest BCUT2D eigenvalue weighted by atomic mass is 9.98. The molecule has 0 unspecified atom stereocenters. The highest BCUT2D eigenvalue weighted by Crippen LogP contribution is 2.16. The van der Waals surface area contributed by atoms with E-state index in [2.05, 4.69) is 10.9 Å². The third kappa shape index (κ3) is 5.32. The number of nitrogens with one attached hydrogen (secondary N) is 2. The van der Waals surface area contributed by atoms with Crippen LogP contribution >= 0.6 is 0 Å². The lowest BCUT2D eigenvalue weighted by Crippen LogP contribution is -2.44. The zero-order valence-electron chi connectivity index (χ0n) is 16.8. The number of hydrogen-bond acceptors (Lipinski definition) is 4. The number of carbonyl (C=O) groups excluding carboxylic acids is 3. The lowest BCUT2D eigenvalue weighted by Gasteiger charge is -2.12. The topological polar surface area (TPSA) is 84.5 Å². The molecule has 152 valence electrons. The number of benzene rings is 3. The van der Waals surface area contributed by atoms with Crippen LogP contribution in [-0.4, -0.2) is 24.2 Å². The zero-order chi connectivity index (χ0) is 21.5. The molecular formula is C24H22N2O4. The maximum atomic E-state index is 12.7. The molecule has 3 aromatic rings. The molecule has 0 saturated heterocycles. The van der Waals surface area contributed by atoms with Crippen LogP contribution in [0.4, 0.5) is 0 Å². The van der Waals surface area contributed by atoms with Crippen molar-refractivity contribution < 1.29 is 19.1 Å². The third-order valence-corrected chi connectivity index (χ3v) is 4.33. The van der Waals surface area contributed by atoms with Crippen LogP contribution in [0.2, 0.25) is 0 Å². The number of rotatable bonds is 6. The fourth-order valence-electron chi connectivity index (χ4n) is 3.02. The van der Waals surface area contributed by atoms with Gasteiger partial charge >= 0.3 is 0 Å². The van der Waals surface area contributed by atoms with E-state index in [9.17, 15) is 14.4 Å². The van der Waals surface area contributed by atoms with Gasteiger partial charge in [-0.2, -0.15) is 0 Å². The summed E-state index contributed by atoms with van der Waals surface area (Å²) >= 11 is 0. The first-order chi connectivity index (χ1) is 14.4. The molecule has 6 nitrogen and oxygen atoms in total. The molecule has 0 aromatic heterocycles. The monoisotopic (exact) mass is 402 g/mol. The van der Waals surface area contributed by atoms with Crippen LogP contribution in [0.1, 0.15) is 37.4 Å². The van der Waals surface area contributed by atoms with Crippen LogP contribution in [-0.2, 0) is 4.79 Å². The van der Waals surface area contributed by atoms with Crippen molar-refractivity contribution in [3.05, 3.63) is 101 Å². The molecule has 0 spiro atoms. The van der Waals surface area contributed by atoms with Gasteiger partial charge in [0.05, 0.1) is 5.56 Å². The molecule has 0 aliphatic carbocycles. The number of hydrazine groups is 1. The first kappa shape index (κ1) is 20.8. The standard InChI is InChI=1S/C24H22N2O4/c1-16-12-17(2)14-19(13-16)30-15-22(27)25-26-24(29)21-11-7-6-10-20(21)23(28)18-8-4-3-5-9-18/h3-14H,15H2,1-2H3,(H,25,27)(H,26,29). The predicted molar refractivity (Wildman–Crippen MR) is 113 cm³/mol. The zero-order valence-corrected chi connectivity index (χ0v) is 16.8. The first-order valence-corrected chi connectivity index (χ1v) is 9.43. The highest BCUT2D eigenvalue weighted by molar-refractivity contribution is 6.15. The highest BCUT2D eigenvalue weighted by Gasteiger charge is 2.18. The van der Waals surface area contributed by atoms with Gasteiger partial charge in [0.1, 0.15) is 5.75 Å². The second kappa shape index (κ2) is 9.52. The maximum Gasteiger partial charge on any atom is 0.276 e. The van der Waals surface area contributed by atoms with Gasteiger partial charge in [-0.15, -0.1) is 0 Å². The van der Waals surface area contributed by atoms with Crippen molar-refractivity contribution in [2.75, 3.05) is 6.61 Å².